The number of hydrogen-bond acceptors (Lipinski definition) is 8. The first-order valence-corrected chi connectivity index (χ1v) is 9.90. The highest BCUT2D eigenvalue weighted by atomic mass is 32.2. The van der Waals surface area contributed by atoms with Gasteiger partial charge >= 0.3 is 0 Å². The predicted octanol–water partition coefficient (Wildman–Crippen LogP) is -1.61. The molecule has 0 aliphatic carbocycles. The van der Waals surface area contributed by atoms with Crippen LogP contribution in [0.25, 0.3) is 0 Å². The Bertz CT molecular complexity index is 1090. The van der Waals surface area contributed by atoms with Gasteiger partial charge in [-0.2, -0.15) is 27.3 Å². The molecule has 0 amide bonds. The molecule has 0 aliphatic rings. The molecule has 0 heterocycles. The maximum atomic E-state index is 11.5. The summed E-state index contributed by atoms with van der Waals surface area (Å²) in [4.78, 5) is -1.65. The van der Waals surface area contributed by atoms with Gasteiger partial charge in [-0.05, 0) is 12.1 Å². The van der Waals surface area contributed by atoms with E-state index in [-0.39, 0.29) is 11.1 Å². The van der Waals surface area contributed by atoms with Crippen LogP contribution in [0.3, 0.4) is 0 Å². The van der Waals surface area contributed by atoms with Gasteiger partial charge in [0.25, 0.3) is 20.2 Å². The summed E-state index contributed by atoms with van der Waals surface area (Å²) in [5, 5.41) is 36.8. The zero-order valence-electron chi connectivity index (χ0n) is 13.5. The summed E-state index contributed by atoms with van der Waals surface area (Å²) in [5.41, 5.74) is -1.59. The minimum absolute atomic E-state index is 0.351. The molecule has 28 heavy (non-hydrogen) atoms. The highest BCUT2D eigenvalue weighted by Gasteiger charge is 2.19. The van der Waals surface area contributed by atoms with Crippen LogP contribution < -0.4 is 10.5 Å². The van der Waals surface area contributed by atoms with Crippen LogP contribution in [0.4, 0.5) is 11.4 Å². The maximum Gasteiger partial charge on any atom is 0.295 e. The lowest BCUT2D eigenvalue weighted by Crippen LogP contribution is -2.99. The molecule has 0 radical (unpaired) electrons. The summed E-state index contributed by atoms with van der Waals surface area (Å²) >= 11 is 0. The van der Waals surface area contributed by atoms with Crippen molar-refractivity contribution in [2.24, 2.45) is 0 Å². The lowest BCUT2D eigenvalue weighted by molar-refractivity contribution is -0.991. The van der Waals surface area contributed by atoms with Crippen LogP contribution >= 0.6 is 0 Å². The first-order valence-electron chi connectivity index (χ1n) is 7.02. The van der Waals surface area contributed by atoms with Crippen LogP contribution in [0.2, 0.25) is 0 Å². The number of quaternary nitrogens is 2. The summed E-state index contributed by atoms with van der Waals surface area (Å²) in [6, 6.07) is 5.32. The monoisotopic (exact) mass is 432 g/mol. The van der Waals surface area contributed by atoms with E-state index in [0.717, 1.165) is 24.3 Å². The Kier molecular flexibility index (Phi) is 6.18. The number of hydrogen-bond donors (Lipinski definition) is 6. The van der Waals surface area contributed by atoms with E-state index in [1.54, 1.807) is 0 Å². The Labute approximate surface area is 158 Å². The molecule has 2 unspecified atom stereocenters. The van der Waals surface area contributed by atoms with E-state index in [4.69, 9.17) is 10.4 Å². The van der Waals surface area contributed by atoms with Crippen LogP contribution in [0.1, 0.15) is 11.1 Å². The van der Waals surface area contributed by atoms with Crippen molar-refractivity contribution in [3.05, 3.63) is 57.9 Å². The molecule has 0 aliphatic heterocycles. The van der Waals surface area contributed by atoms with Crippen molar-refractivity contribution >= 4 is 31.6 Å². The molecule has 0 saturated carbocycles. The number of benzene rings is 2. The molecule has 0 bridgehead atoms. The average molecular weight is 432 g/mol. The molecular weight excluding hydrogens is 420 g/mol. The molecule has 6 N–H and O–H groups in total. The maximum absolute atomic E-state index is 11.5. The van der Waals surface area contributed by atoms with E-state index in [1.165, 1.54) is 0 Å². The third-order valence-corrected chi connectivity index (χ3v) is 5.13. The van der Waals surface area contributed by atoms with Gasteiger partial charge in [0, 0.05) is 35.4 Å². The van der Waals surface area contributed by atoms with Gasteiger partial charge in [0.05, 0.1) is 0 Å². The van der Waals surface area contributed by atoms with E-state index in [1.807, 2.05) is 0 Å². The fraction of sp³-hybridized carbons (Fsp3) is 0. The zero-order valence-corrected chi connectivity index (χ0v) is 15.2. The van der Waals surface area contributed by atoms with Gasteiger partial charge in [0.1, 0.15) is 9.79 Å². The molecule has 12 nitrogen and oxygen atoms in total. The Morgan fingerprint density at radius 3 is 1.29 bits per heavy atom. The highest BCUT2D eigenvalue weighted by Crippen LogP contribution is 2.20. The molecule has 2 rings (SSSR count). The lowest BCUT2D eigenvalue weighted by Gasteiger charge is -2.13. The second-order valence-corrected chi connectivity index (χ2v) is 8.01. The van der Waals surface area contributed by atoms with Crippen LogP contribution in [-0.2, 0) is 20.2 Å². The topological polar surface area (TPSA) is 204 Å². The summed E-state index contributed by atoms with van der Waals surface area (Å²) in [6.45, 7) is 0. The highest BCUT2D eigenvalue weighted by molar-refractivity contribution is 7.86. The predicted molar refractivity (Wildman–Crippen MR) is 90.0 cm³/mol. The van der Waals surface area contributed by atoms with Gasteiger partial charge in [0.15, 0.2) is 11.4 Å². The molecule has 0 spiro atoms. The van der Waals surface area contributed by atoms with Gasteiger partial charge < -0.3 is 10.4 Å². The summed E-state index contributed by atoms with van der Waals surface area (Å²) in [7, 11) is -9.72. The standard InChI is InChI=1S/C14H12N2O10S2/c17-15(18)11-5-3-9(13(7-11)27(21,22)23)1-2-10-4-6-12(16(19)20)8-14(10)28(24,25)26/h3-8,15-17,19H,(H,21,22,23)(H,24,25,26). The first kappa shape index (κ1) is 21.9. The van der Waals surface area contributed by atoms with Crippen molar-refractivity contribution in [3.63, 3.8) is 0 Å². The van der Waals surface area contributed by atoms with Gasteiger partial charge in [0.2, 0.25) is 0 Å². The molecule has 0 fully saturated rings. The molecule has 2 atom stereocenters. The average Bonchev–Trinajstić information content (AvgIpc) is 2.57. The molecule has 2 aromatic rings. The Morgan fingerprint density at radius 1 is 0.714 bits per heavy atom. The van der Waals surface area contributed by atoms with Gasteiger partial charge in [-0.1, -0.05) is 11.8 Å². The van der Waals surface area contributed by atoms with Gasteiger partial charge in [-0.15, -0.1) is 0 Å². The second-order valence-electron chi connectivity index (χ2n) is 5.23. The Morgan fingerprint density at radius 2 is 1.04 bits per heavy atom. The largest absolute Gasteiger partial charge is 0.595 e. The summed E-state index contributed by atoms with van der Waals surface area (Å²) in [6.07, 6.45) is 0. The van der Waals surface area contributed by atoms with E-state index in [0.29, 0.717) is 12.1 Å². The van der Waals surface area contributed by atoms with Crippen molar-refractivity contribution in [3.8, 4) is 11.8 Å². The minimum Gasteiger partial charge on any atom is -0.595 e. The third-order valence-electron chi connectivity index (χ3n) is 3.34. The second kappa shape index (κ2) is 7.90. The number of nitrogens with one attached hydrogen (secondary N) is 2. The minimum atomic E-state index is -4.86. The summed E-state index contributed by atoms with van der Waals surface area (Å²) < 4.78 is 64.4. The normalized spacial score (nSPS) is 14.1. The van der Waals surface area contributed by atoms with Crippen molar-refractivity contribution in [1.29, 1.82) is 0 Å². The van der Waals surface area contributed by atoms with E-state index < -0.39 is 51.9 Å². The van der Waals surface area contributed by atoms with Crippen LogP contribution in [0, 0.1) is 22.3 Å². The summed E-state index contributed by atoms with van der Waals surface area (Å²) in [5.74, 6) is 4.52. The smallest absolute Gasteiger partial charge is 0.295 e. The quantitative estimate of drug-likeness (QED) is 0.185. The number of rotatable bonds is 4. The molecule has 150 valence electrons. The van der Waals surface area contributed by atoms with Crippen molar-refractivity contribution < 1.29 is 46.8 Å². The van der Waals surface area contributed by atoms with E-state index >= 15 is 0 Å². The zero-order chi connectivity index (χ0) is 21.3. The van der Waals surface area contributed by atoms with E-state index in [9.17, 15) is 36.4 Å². The van der Waals surface area contributed by atoms with E-state index in [2.05, 4.69) is 11.8 Å². The molecule has 2 aromatic carbocycles. The Hall–Kier alpha value is -2.42. The van der Waals surface area contributed by atoms with Crippen LogP contribution in [-0.4, -0.2) is 36.4 Å². The van der Waals surface area contributed by atoms with Crippen LogP contribution in [0.5, 0.6) is 0 Å². The molecule has 14 heteroatoms. The van der Waals surface area contributed by atoms with Gasteiger partial charge in [-0.3, -0.25) is 9.11 Å². The first-order chi connectivity index (χ1) is 12.8. The van der Waals surface area contributed by atoms with Gasteiger partial charge in [-0.25, -0.2) is 10.4 Å². The fourth-order valence-corrected chi connectivity index (χ4v) is 3.42. The van der Waals surface area contributed by atoms with Crippen molar-refractivity contribution in [2.75, 3.05) is 0 Å². The van der Waals surface area contributed by atoms with Crippen molar-refractivity contribution in [1.82, 2.24) is 0 Å². The lowest BCUT2D eigenvalue weighted by atomic mass is 10.1. The Balaban J connectivity index is 2.67. The molecular formula is C14H12N2O10S2. The fourth-order valence-electron chi connectivity index (χ4n) is 2.08. The molecule has 0 aromatic heterocycles. The third kappa shape index (κ3) is 5.09. The SMILES string of the molecule is O=S(=O)(O)c1cc([NH+]([O-])O)ccc1C#Cc1ccc([NH+]([O-])O)cc1S(=O)(=O)O. The van der Waals surface area contributed by atoms with Crippen LogP contribution in [0.15, 0.2) is 46.2 Å². The van der Waals surface area contributed by atoms with Crippen molar-refractivity contribution in [2.45, 2.75) is 9.79 Å². The molecule has 0 saturated heterocycles.